The van der Waals surface area contributed by atoms with Gasteiger partial charge < -0.3 is 27.8 Å². The van der Waals surface area contributed by atoms with Crippen LogP contribution in [0.25, 0.3) is 0 Å². The lowest BCUT2D eigenvalue weighted by atomic mass is 9.65. The average molecular weight is 525 g/mol. The molecule has 1 unspecified atom stereocenters. The van der Waals surface area contributed by atoms with Crippen molar-refractivity contribution in [3.63, 3.8) is 0 Å². The van der Waals surface area contributed by atoms with Crippen LogP contribution in [-0.2, 0) is 26.0 Å². The second kappa shape index (κ2) is 9.79. The van der Waals surface area contributed by atoms with Gasteiger partial charge in [-0.25, -0.2) is 14.5 Å². The molecule has 1 fully saturated rings. The van der Waals surface area contributed by atoms with E-state index >= 15 is 0 Å². The molecular weight excluding hydrogens is 501 g/mol. The first-order valence-corrected chi connectivity index (χ1v) is 10.5. The van der Waals surface area contributed by atoms with Crippen LogP contribution in [0.3, 0.4) is 0 Å². The van der Waals surface area contributed by atoms with Crippen molar-refractivity contribution in [2.45, 2.75) is 31.1 Å². The molecule has 1 aliphatic rings. The molecule has 0 spiro atoms. The first-order chi connectivity index (χ1) is 16.3. The molecule has 2 aromatic carbocycles. The number of esters is 1. The third-order valence-corrected chi connectivity index (χ3v) is 6.55. The number of rotatable bonds is 5. The summed E-state index contributed by atoms with van der Waals surface area (Å²) in [7, 11) is 2.41. The van der Waals surface area contributed by atoms with Crippen LogP contribution < -0.4 is 23.0 Å². The summed E-state index contributed by atoms with van der Waals surface area (Å²) >= 11 is 0. The molecule has 8 nitrogen and oxygen atoms in total. The molecule has 12 heteroatoms. The summed E-state index contributed by atoms with van der Waals surface area (Å²) in [6.45, 7) is 3.26. The largest absolute Gasteiger partial charge is 1.00 e. The Morgan fingerprint density at radius 2 is 1.72 bits per heavy atom. The Kier molecular flexibility index (Phi) is 7.78. The summed E-state index contributed by atoms with van der Waals surface area (Å²) < 4.78 is 45.9. The topological polar surface area (TPSA) is 118 Å². The Morgan fingerprint density at radius 1 is 1.14 bits per heavy atom. The van der Waals surface area contributed by atoms with Crippen LogP contribution in [-0.4, -0.2) is 42.5 Å². The number of hydrogen-bond acceptors (Lipinski definition) is 5. The summed E-state index contributed by atoms with van der Waals surface area (Å²) in [5, 5.41) is 9.11. The number of carbonyl (C=O) groups excluding carboxylic acids is 3. The SMILES string of the molecule is COC(=O)[C@]([NH3+])(C(C)C)C1(c2ccccc2)C(=O)N(c2ccc(C#N)c(C(F)(F)F)c2)C(=O)N1C.[Cl-]. The van der Waals surface area contributed by atoms with Gasteiger partial charge in [0, 0.05) is 13.0 Å². The summed E-state index contributed by atoms with van der Waals surface area (Å²) in [6.07, 6.45) is -4.91. The third-order valence-electron chi connectivity index (χ3n) is 6.55. The molecule has 3 rings (SSSR count). The Morgan fingerprint density at radius 3 is 2.19 bits per heavy atom. The highest BCUT2D eigenvalue weighted by Gasteiger charge is 2.74. The van der Waals surface area contributed by atoms with Gasteiger partial charge in [0.2, 0.25) is 11.1 Å². The Bertz CT molecular complexity index is 1230. The van der Waals surface area contributed by atoms with Gasteiger partial charge in [-0.1, -0.05) is 44.2 Å². The van der Waals surface area contributed by atoms with Gasteiger partial charge in [-0.3, -0.25) is 4.79 Å². The quantitative estimate of drug-likeness (QED) is 0.425. The van der Waals surface area contributed by atoms with Crippen molar-refractivity contribution in [3.05, 3.63) is 65.2 Å². The number of halogens is 4. The Hall–Kier alpha value is -3.62. The van der Waals surface area contributed by atoms with Gasteiger partial charge in [-0.15, -0.1) is 0 Å². The van der Waals surface area contributed by atoms with E-state index < -0.39 is 57.9 Å². The van der Waals surface area contributed by atoms with Crippen molar-refractivity contribution in [1.82, 2.24) is 4.90 Å². The van der Waals surface area contributed by atoms with E-state index in [4.69, 9.17) is 10.00 Å². The molecule has 1 heterocycles. The van der Waals surface area contributed by atoms with Crippen LogP contribution in [0.1, 0.15) is 30.5 Å². The molecule has 0 aromatic heterocycles. The fraction of sp³-hybridized carbons (Fsp3) is 0.333. The lowest BCUT2D eigenvalue weighted by Crippen LogP contribution is -3.00. The minimum Gasteiger partial charge on any atom is -1.00 e. The van der Waals surface area contributed by atoms with E-state index in [-0.39, 0.29) is 18.0 Å². The number of benzene rings is 2. The molecule has 0 saturated carbocycles. The number of carbonyl (C=O) groups is 3. The number of ether oxygens (including phenoxy) is 1. The second-order valence-electron chi connectivity index (χ2n) is 8.52. The molecule has 0 radical (unpaired) electrons. The third kappa shape index (κ3) is 3.86. The minimum absolute atomic E-state index is 0. The van der Waals surface area contributed by atoms with Crippen LogP contribution in [0.4, 0.5) is 23.7 Å². The van der Waals surface area contributed by atoms with Crippen LogP contribution in [0.15, 0.2) is 48.5 Å². The number of amides is 3. The van der Waals surface area contributed by atoms with E-state index in [1.54, 1.807) is 32.0 Å². The number of nitriles is 1. The van der Waals surface area contributed by atoms with E-state index in [0.717, 1.165) is 24.1 Å². The van der Waals surface area contributed by atoms with Crippen LogP contribution in [0.2, 0.25) is 0 Å². The summed E-state index contributed by atoms with van der Waals surface area (Å²) in [6, 6.07) is 11.0. The summed E-state index contributed by atoms with van der Waals surface area (Å²) in [5.74, 6) is -2.49. The molecule has 1 saturated heterocycles. The number of alkyl halides is 3. The number of anilines is 1. The molecule has 2 aromatic rings. The molecule has 3 N–H and O–H groups in total. The summed E-state index contributed by atoms with van der Waals surface area (Å²) in [5.41, 5.74) is -1.95. The van der Waals surface area contributed by atoms with Crippen molar-refractivity contribution < 1.29 is 50.4 Å². The molecule has 3 amide bonds. The van der Waals surface area contributed by atoms with E-state index in [2.05, 4.69) is 5.73 Å². The predicted octanol–water partition coefficient (Wildman–Crippen LogP) is -0.315. The van der Waals surface area contributed by atoms with Gasteiger partial charge in [0.05, 0.1) is 30.0 Å². The van der Waals surface area contributed by atoms with Crippen LogP contribution in [0, 0.1) is 17.2 Å². The van der Waals surface area contributed by atoms with E-state index in [0.29, 0.717) is 11.0 Å². The molecule has 0 bridgehead atoms. The van der Waals surface area contributed by atoms with Crippen molar-refractivity contribution in [1.29, 1.82) is 5.26 Å². The highest BCUT2D eigenvalue weighted by Crippen LogP contribution is 2.48. The molecular formula is C24H24ClF3N4O4. The maximum Gasteiger partial charge on any atom is 0.417 e. The van der Waals surface area contributed by atoms with Gasteiger partial charge in [-0.2, -0.15) is 18.4 Å². The van der Waals surface area contributed by atoms with E-state index in [1.807, 2.05) is 0 Å². The smallest absolute Gasteiger partial charge is 0.417 e. The zero-order chi connectivity index (χ0) is 26.3. The minimum atomic E-state index is -4.91. The standard InChI is InChI=1S/C24H23F3N4O4.ClH/c1-14(2)22(29,20(33)35-4)23(16-8-6-5-7-9-16)19(32)31(21(34)30(23)3)17-11-10-15(13-28)18(12-17)24(25,26)27;/h5-12,14H,29H2,1-4H3;1H/t22-,23?;/m1./s1. The van der Waals surface area contributed by atoms with Crippen molar-refractivity contribution >= 4 is 23.6 Å². The highest BCUT2D eigenvalue weighted by atomic mass is 35.5. The highest BCUT2D eigenvalue weighted by molar-refractivity contribution is 6.25. The monoisotopic (exact) mass is 524 g/mol. The number of methoxy groups -OCH3 is 1. The lowest BCUT2D eigenvalue weighted by Gasteiger charge is -2.44. The van der Waals surface area contributed by atoms with Gasteiger partial charge in [-0.05, 0) is 23.8 Å². The molecule has 192 valence electrons. The van der Waals surface area contributed by atoms with Crippen LogP contribution in [0.5, 0.6) is 0 Å². The number of quaternary nitrogens is 1. The zero-order valence-electron chi connectivity index (χ0n) is 19.9. The lowest BCUT2D eigenvalue weighted by molar-refractivity contribution is -0.495. The van der Waals surface area contributed by atoms with Gasteiger partial charge in [0.15, 0.2) is 0 Å². The van der Waals surface area contributed by atoms with Gasteiger partial charge >= 0.3 is 18.2 Å². The first kappa shape index (κ1) is 28.6. The number of nitrogens with zero attached hydrogens (tertiary/aromatic N) is 3. The van der Waals surface area contributed by atoms with Gasteiger partial charge in [0.25, 0.3) is 5.91 Å². The molecule has 2 atom stereocenters. The molecule has 36 heavy (non-hydrogen) atoms. The number of likely N-dealkylation sites (N-methyl/N-ethyl adjacent to an activating group) is 1. The maximum atomic E-state index is 14.2. The molecule has 0 aliphatic carbocycles. The number of imide groups is 1. The fourth-order valence-electron chi connectivity index (χ4n) is 4.64. The predicted molar refractivity (Wildman–Crippen MR) is 117 cm³/mol. The van der Waals surface area contributed by atoms with Crippen molar-refractivity contribution in [2.24, 2.45) is 5.92 Å². The number of hydrogen-bond donors (Lipinski definition) is 1. The normalized spacial score (nSPS) is 19.6. The van der Waals surface area contributed by atoms with E-state index in [9.17, 15) is 27.6 Å². The maximum absolute atomic E-state index is 14.2. The Labute approximate surface area is 211 Å². The fourth-order valence-corrected chi connectivity index (χ4v) is 4.64. The first-order valence-electron chi connectivity index (χ1n) is 10.5. The summed E-state index contributed by atoms with van der Waals surface area (Å²) in [4.78, 5) is 42.5. The zero-order valence-corrected chi connectivity index (χ0v) is 20.6. The average Bonchev–Trinajstić information content (AvgIpc) is 3.03. The van der Waals surface area contributed by atoms with Gasteiger partial charge in [0.1, 0.15) is 0 Å². The molecule has 1 aliphatic heterocycles. The van der Waals surface area contributed by atoms with Crippen LogP contribution >= 0.6 is 0 Å². The van der Waals surface area contributed by atoms with E-state index in [1.165, 1.54) is 25.2 Å². The van der Waals surface area contributed by atoms with Crippen molar-refractivity contribution in [2.75, 3.05) is 19.1 Å². The van der Waals surface area contributed by atoms with Crippen molar-refractivity contribution in [3.8, 4) is 6.07 Å². The Balaban J connectivity index is 0.00000456. The number of urea groups is 1. The second-order valence-corrected chi connectivity index (χ2v) is 8.52.